The summed E-state index contributed by atoms with van der Waals surface area (Å²) in [6.45, 7) is 8.30. The number of ether oxygens (including phenoxy) is 2. The van der Waals surface area contributed by atoms with E-state index in [2.05, 4.69) is 34.9 Å². The Morgan fingerprint density at radius 2 is 1.88 bits per heavy atom. The summed E-state index contributed by atoms with van der Waals surface area (Å²) in [6, 6.07) is 14.2. The fourth-order valence-corrected chi connectivity index (χ4v) is 5.22. The number of hydrogen-bond acceptors (Lipinski definition) is 5. The maximum atomic E-state index is 11.6. The maximum Gasteiger partial charge on any atom is 0.248 e. The van der Waals surface area contributed by atoms with Gasteiger partial charge < -0.3 is 20.1 Å². The number of anilines is 1. The molecule has 2 aliphatic rings. The largest absolute Gasteiger partial charge is 0.497 e. The first-order valence-corrected chi connectivity index (χ1v) is 12.2. The molecule has 2 aliphatic heterocycles. The van der Waals surface area contributed by atoms with Crippen molar-refractivity contribution >= 4 is 11.6 Å². The molecular weight excluding hydrogens is 414 g/mol. The Balaban J connectivity index is 1.34. The van der Waals surface area contributed by atoms with Gasteiger partial charge in [0.05, 0.1) is 19.8 Å². The fourth-order valence-electron chi connectivity index (χ4n) is 5.22. The number of rotatable bonds is 9. The van der Waals surface area contributed by atoms with Crippen molar-refractivity contribution in [3.8, 4) is 5.75 Å². The normalized spacial score (nSPS) is 19.7. The maximum absolute atomic E-state index is 11.6. The van der Waals surface area contributed by atoms with Gasteiger partial charge in [-0.3, -0.25) is 9.69 Å². The van der Waals surface area contributed by atoms with Gasteiger partial charge in [-0.05, 0) is 79.3 Å². The zero-order chi connectivity index (χ0) is 23.2. The molecule has 2 N–H and O–H groups in total. The first-order chi connectivity index (χ1) is 16.1. The number of hydrogen-bond donors (Lipinski definition) is 1. The van der Waals surface area contributed by atoms with E-state index < -0.39 is 0 Å². The SMILES string of the molecule is CCCC(CCN1CCN(c2ccc(OC)cc2)CC1)C1OCCc2cc(C(N)=O)ccc21. The van der Waals surface area contributed by atoms with Crippen LogP contribution in [-0.4, -0.2) is 57.2 Å². The van der Waals surface area contributed by atoms with Crippen LogP contribution in [0, 0.1) is 5.92 Å². The Morgan fingerprint density at radius 1 is 1.12 bits per heavy atom. The molecule has 0 aliphatic carbocycles. The van der Waals surface area contributed by atoms with E-state index in [-0.39, 0.29) is 12.0 Å². The minimum atomic E-state index is -0.361. The molecular formula is C27H37N3O3. The van der Waals surface area contributed by atoms with Crippen molar-refractivity contribution < 1.29 is 14.3 Å². The molecule has 33 heavy (non-hydrogen) atoms. The lowest BCUT2D eigenvalue weighted by Gasteiger charge is -2.38. The number of amides is 1. The number of primary amides is 1. The lowest BCUT2D eigenvalue weighted by molar-refractivity contribution is -0.00747. The second-order valence-corrected chi connectivity index (χ2v) is 9.18. The summed E-state index contributed by atoms with van der Waals surface area (Å²) in [7, 11) is 1.70. The highest BCUT2D eigenvalue weighted by molar-refractivity contribution is 5.93. The molecule has 178 valence electrons. The second-order valence-electron chi connectivity index (χ2n) is 9.18. The van der Waals surface area contributed by atoms with Crippen molar-refractivity contribution in [3.63, 3.8) is 0 Å². The van der Waals surface area contributed by atoms with Gasteiger partial charge in [-0.25, -0.2) is 0 Å². The van der Waals surface area contributed by atoms with Gasteiger partial charge in [0.2, 0.25) is 5.91 Å². The fraction of sp³-hybridized carbons (Fsp3) is 0.519. The van der Waals surface area contributed by atoms with Crippen LogP contribution < -0.4 is 15.4 Å². The molecule has 1 fully saturated rings. The Hall–Kier alpha value is -2.57. The molecule has 0 aromatic heterocycles. The Labute approximate surface area is 197 Å². The van der Waals surface area contributed by atoms with Crippen LogP contribution in [0.5, 0.6) is 5.75 Å². The van der Waals surface area contributed by atoms with Gasteiger partial charge in [-0.2, -0.15) is 0 Å². The molecule has 0 saturated carbocycles. The van der Waals surface area contributed by atoms with Gasteiger partial charge in [-0.15, -0.1) is 0 Å². The van der Waals surface area contributed by atoms with Gasteiger partial charge in [0.15, 0.2) is 0 Å². The summed E-state index contributed by atoms with van der Waals surface area (Å²) < 4.78 is 11.6. The van der Waals surface area contributed by atoms with Crippen LogP contribution in [0.4, 0.5) is 5.69 Å². The van der Waals surface area contributed by atoms with E-state index >= 15 is 0 Å². The number of benzene rings is 2. The van der Waals surface area contributed by atoms with Crippen LogP contribution in [0.25, 0.3) is 0 Å². The van der Waals surface area contributed by atoms with Gasteiger partial charge in [0.1, 0.15) is 5.75 Å². The van der Waals surface area contributed by atoms with Gasteiger partial charge >= 0.3 is 0 Å². The van der Waals surface area contributed by atoms with E-state index in [1.54, 1.807) is 7.11 Å². The lowest BCUT2D eigenvalue weighted by atomic mass is 9.84. The topological polar surface area (TPSA) is 68.0 Å². The summed E-state index contributed by atoms with van der Waals surface area (Å²) in [6.07, 6.45) is 4.37. The molecule has 0 bridgehead atoms. The minimum absolute atomic E-state index is 0.108. The number of carbonyl (C=O) groups excluding carboxylic acids is 1. The van der Waals surface area contributed by atoms with Crippen LogP contribution in [0.3, 0.4) is 0 Å². The summed E-state index contributed by atoms with van der Waals surface area (Å²) in [5.41, 5.74) is 9.82. The first kappa shape index (κ1) is 23.6. The highest BCUT2D eigenvalue weighted by Crippen LogP contribution is 2.37. The van der Waals surface area contributed by atoms with Crippen LogP contribution in [-0.2, 0) is 11.2 Å². The Morgan fingerprint density at radius 3 is 2.55 bits per heavy atom. The average molecular weight is 452 g/mol. The number of carbonyl (C=O) groups is 1. The highest BCUT2D eigenvalue weighted by atomic mass is 16.5. The first-order valence-electron chi connectivity index (χ1n) is 12.2. The third kappa shape index (κ3) is 5.68. The number of methoxy groups -OCH3 is 1. The summed E-state index contributed by atoms with van der Waals surface area (Å²) in [4.78, 5) is 16.6. The van der Waals surface area contributed by atoms with E-state index in [0.717, 1.165) is 64.2 Å². The van der Waals surface area contributed by atoms with E-state index in [9.17, 15) is 4.79 Å². The quantitative estimate of drug-likeness (QED) is 0.623. The molecule has 1 saturated heterocycles. The number of nitrogens with zero attached hydrogens (tertiary/aromatic N) is 2. The third-order valence-electron chi connectivity index (χ3n) is 7.12. The van der Waals surface area contributed by atoms with Crippen molar-refractivity contribution in [3.05, 3.63) is 59.2 Å². The van der Waals surface area contributed by atoms with Crippen LogP contribution in [0.1, 0.15) is 53.8 Å². The second kappa shape index (κ2) is 11.0. The number of fused-ring (bicyclic) bond motifs is 1. The molecule has 0 spiro atoms. The molecule has 1 amide bonds. The van der Waals surface area contributed by atoms with E-state index in [0.29, 0.717) is 18.1 Å². The summed E-state index contributed by atoms with van der Waals surface area (Å²) in [5.74, 6) is 1.02. The molecule has 2 atom stereocenters. The average Bonchev–Trinajstić information content (AvgIpc) is 2.86. The van der Waals surface area contributed by atoms with Crippen LogP contribution >= 0.6 is 0 Å². The number of nitrogens with two attached hydrogens (primary N) is 1. The standard InChI is InChI=1S/C27H37N3O3/c1-3-4-20(26-25-10-5-22(27(28)31)19-21(25)12-18-33-26)11-13-29-14-16-30(17-15-29)23-6-8-24(32-2)9-7-23/h5-10,19-20,26H,3-4,11-18H2,1-2H3,(H2,28,31). The van der Waals surface area contributed by atoms with Crippen molar-refractivity contribution in [2.45, 2.75) is 38.7 Å². The predicted molar refractivity (Wildman–Crippen MR) is 132 cm³/mol. The van der Waals surface area contributed by atoms with Crippen molar-refractivity contribution in [1.29, 1.82) is 0 Å². The molecule has 6 nitrogen and oxygen atoms in total. The van der Waals surface area contributed by atoms with Crippen molar-refractivity contribution in [2.75, 3.05) is 51.3 Å². The van der Waals surface area contributed by atoms with Gasteiger partial charge in [0, 0.05) is 37.4 Å². The molecule has 6 heteroatoms. The predicted octanol–water partition coefficient (Wildman–Crippen LogP) is 4.04. The molecule has 2 aromatic rings. The molecule has 2 aromatic carbocycles. The molecule has 4 rings (SSSR count). The smallest absolute Gasteiger partial charge is 0.248 e. The zero-order valence-electron chi connectivity index (χ0n) is 20.0. The zero-order valence-corrected chi connectivity index (χ0v) is 20.0. The molecule has 0 radical (unpaired) electrons. The number of piperazine rings is 1. The van der Waals surface area contributed by atoms with E-state index in [1.807, 2.05) is 24.3 Å². The molecule has 2 unspecified atom stereocenters. The monoisotopic (exact) mass is 451 g/mol. The summed E-state index contributed by atoms with van der Waals surface area (Å²) >= 11 is 0. The third-order valence-corrected chi connectivity index (χ3v) is 7.12. The van der Waals surface area contributed by atoms with Crippen LogP contribution in [0.2, 0.25) is 0 Å². The Kier molecular flexibility index (Phi) is 7.89. The van der Waals surface area contributed by atoms with E-state index in [4.69, 9.17) is 15.2 Å². The van der Waals surface area contributed by atoms with Gasteiger partial charge in [0.25, 0.3) is 0 Å². The lowest BCUT2D eigenvalue weighted by Crippen LogP contribution is -2.47. The van der Waals surface area contributed by atoms with Gasteiger partial charge in [-0.1, -0.05) is 19.4 Å². The summed E-state index contributed by atoms with van der Waals surface area (Å²) in [5, 5.41) is 0. The Bertz CT molecular complexity index is 923. The highest BCUT2D eigenvalue weighted by Gasteiger charge is 2.29. The van der Waals surface area contributed by atoms with Crippen molar-refractivity contribution in [2.24, 2.45) is 11.7 Å². The van der Waals surface area contributed by atoms with E-state index in [1.165, 1.54) is 16.8 Å². The van der Waals surface area contributed by atoms with Crippen LogP contribution in [0.15, 0.2) is 42.5 Å². The molecule has 2 heterocycles. The van der Waals surface area contributed by atoms with Crippen molar-refractivity contribution in [1.82, 2.24) is 4.90 Å². The minimum Gasteiger partial charge on any atom is -0.497 e.